The molecule has 1 fully saturated rings. The lowest BCUT2D eigenvalue weighted by atomic mass is 10.1. The summed E-state index contributed by atoms with van der Waals surface area (Å²) < 4.78 is 25.2. The van der Waals surface area contributed by atoms with E-state index in [1.165, 1.54) is 0 Å². The summed E-state index contributed by atoms with van der Waals surface area (Å²) in [5.41, 5.74) is 0. The maximum Gasteiger partial charge on any atom is 0.409 e. The number of nitrogens with zero attached hydrogens (tertiary/aromatic N) is 1. The van der Waals surface area contributed by atoms with Crippen molar-refractivity contribution in [3.05, 3.63) is 0 Å². The van der Waals surface area contributed by atoms with E-state index in [1.54, 1.807) is 0 Å². The van der Waals surface area contributed by atoms with Crippen LogP contribution < -0.4 is 0 Å². The zero-order valence-corrected chi connectivity index (χ0v) is 5.83. The first-order chi connectivity index (χ1) is 5.13. The van der Waals surface area contributed by atoms with Crippen molar-refractivity contribution < 1.29 is 18.7 Å². The van der Waals surface area contributed by atoms with Crippen molar-refractivity contribution in [2.75, 3.05) is 6.54 Å². The zero-order chi connectivity index (χ0) is 8.43. The number of rotatable bonds is 0. The van der Waals surface area contributed by atoms with Crippen molar-refractivity contribution in [3.63, 3.8) is 0 Å². The van der Waals surface area contributed by atoms with E-state index in [-0.39, 0.29) is 13.0 Å². The van der Waals surface area contributed by atoms with Crippen LogP contribution >= 0.6 is 0 Å². The molecule has 0 aromatic heterocycles. The second-order valence-corrected chi connectivity index (χ2v) is 2.51. The smallest absolute Gasteiger partial charge is 0.409 e. The minimum Gasteiger partial charge on any atom is -0.465 e. The number of carboxylic acid groups (broad SMARTS) is 1. The van der Waals surface area contributed by atoms with Gasteiger partial charge in [0.1, 0.15) is 0 Å². The van der Waals surface area contributed by atoms with Gasteiger partial charge in [0, 0.05) is 6.54 Å². The van der Waals surface area contributed by atoms with E-state index in [0.717, 1.165) is 0 Å². The minimum atomic E-state index is -1.97. The SMILES string of the molecule is O=C(O)N1CCCC(F)C1F. The number of alkyl halides is 2. The third-order valence-corrected chi connectivity index (χ3v) is 1.72. The predicted molar refractivity (Wildman–Crippen MR) is 33.8 cm³/mol. The van der Waals surface area contributed by atoms with Crippen LogP contribution in [-0.2, 0) is 0 Å². The maximum absolute atomic E-state index is 12.7. The molecular formula is C6H9F2NO2. The van der Waals surface area contributed by atoms with Crippen molar-refractivity contribution in [2.24, 2.45) is 0 Å². The summed E-state index contributed by atoms with van der Waals surface area (Å²) in [5, 5.41) is 8.35. The van der Waals surface area contributed by atoms with Crippen LogP contribution in [-0.4, -0.2) is 35.1 Å². The lowest BCUT2D eigenvalue weighted by Gasteiger charge is -2.30. The normalized spacial score (nSPS) is 32.0. The van der Waals surface area contributed by atoms with Gasteiger partial charge in [0.2, 0.25) is 6.30 Å². The van der Waals surface area contributed by atoms with E-state index in [0.29, 0.717) is 11.3 Å². The van der Waals surface area contributed by atoms with Gasteiger partial charge in [0.05, 0.1) is 0 Å². The second-order valence-electron chi connectivity index (χ2n) is 2.51. The molecule has 1 amide bonds. The molecule has 0 aromatic carbocycles. The zero-order valence-electron chi connectivity index (χ0n) is 5.83. The summed E-state index contributed by atoms with van der Waals surface area (Å²) >= 11 is 0. The Morgan fingerprint density at radius 1 is 1.55 bits per heavy atom. The van der Waals surface area contributed by atoms with Gasteiger partial charge in [-0.2, -0.15) is 0 Å². The molecule has 11 heavy (non-hydrogen) atoms. The van der Waals surface area contributed by atoms with Crippen molar-refractivity contribution >= 4 is 6.09 Å². The molecule has 2 unspecified atom stereocenters. The quantitative estimate of drug-likeness (QED) is 0.551. The standard InChI is InChI=1S/C6H9F2NO2/c7-4-2-1-3-9(5(4)8)6(10)11/h4-5H,1-3H2,(H,10,11). The fourth-order valence-corrected chi connectivity index (χ4v) is 1.11. The van der Waals surface area contributed by atoms with Crippen LogP contribution in [0.4, 0.5) is 13.6 Å². The first kappa shape index (κ1) is 8.23. The van der Waals surface area contributed by atoms with Crippen LogP contribution in [0.2, 0.25) is 0 Å². The third kappa shape index (κ3) is 1.58. The molecule has 2 atom stereocenters. The fraction of sp³-hybridized carbons (Fsp3) is 0.833. The van der Waals surface area contributed by atoms with Gasteiger partial charge in [-0.3, -0.25) is 4.90 Å². The predicted octanol–water partition coefficient (Wildman–Crippen LogP) is 1.39. The van der Waals surface area contributed by atoms with Crippen molar-refractivity contribution in [2.45, 2.75) is 25.3 Å². The number of hydrogen-bond donors (Lipinski definition) is 1. The Balaban J connectivity index is 2.58. The molecule has 0 saturated carbocycles. The Morgan fingerprint density at radius 2 is 2.18 bits per heavy atom. The van der Waals surface area contributed by atoms with Gasteiger partial charge < -0.3 is 5.11 Å². The topological polar surface area (TPSA) is 40.5 Å². The van der Waals surface area contributed by atoms with Gasteiger partial charge in [-0.1, -0.05) is 0 Å². The van der Waals surface area contributed by atoms with E-state index in [1.807, 2.05) is 0 Å². The largest absolute Gasteiger partial charge is 0.465 e. The molecule has 1 saturated heterocycles. The summed E-state index contributed by atoms with van der Waals surface area (Å²) in [6.07, 6.45) is -4.50. The Hall–Kier alpha value is -0.870. The Bertz CT molecular complexity index is 165. The fourth-order valence-electron chi connectivity index (χ4n) is 1.11. The van der Waals surface area contributed by atoms with Gasteiger partial charge in [0.25, 0.3) is 0 Å². The van der Waals surface area contributed by atoms with E-state index in [2.05, 4.69) is 0 Å². The van der Waals surface area contributed by atoms with Gasteiger partial charge in [-0.05, 0) is 12.8 Å². The van der Waals surface area contributed by atoms with Gasteiger partial charge in [-0.25, -0.2) is 13.6 Å². The Labute approximate surface area is 62.6 Å². The number of halogens is 2. The molecule has 1 heterocycles. The molecule has 1 aliphatic rings. The molecular weight excluding hydrogens is 156 g/mol. The third-order valence-electron chi connectivity index (χ3n) is 1.72. The molecule has 64 valence electrons. The Morgan fingerprint density at radius 3 is 2.64 bits per heavy atom. The molecule has 0 aliphatic carbocycles. The number of likely N-dealkylation sites (tertiary alicyclic amines) is 1. The summed E-state index contributed by atoms with van der Waals surface area (Å²) in [7, 11) is 0. The number of piperidine rings is 1. The van der Waals surface area contributed by atoms with Crippen molar-refractivity contribution in [3.8, 4) is 0 Å². The molecule has 1 N–H and O–H groups in total. The molecule has 0 aromatic rings. The maximum atomic E-state index is 12.7. The highest BCUT2D eigenvalue weighted by molar-refractivity contribution is 5.65. The lowest BCUT2D eigenvalue weighted by Crippen LogP contribution is -2.46. The monoisotopic (exact) mass is 165 g/mol. The van der Waals surface area contributed by atoms with Gasteiger partial charge in [-0.15, -0.1) is 0 Å². The van der Waals surface area contributed by atoms with E-state index >= 15 is 0 Å². The lowest BCUT2D eigenvalue weighted by molar-refractivity contribution is -0.00787. The van der Waals surface area contributed by atoms with Gasteiger partial charge >= 0.3 is 6.09 Å². The molecule has 0 spiro atoms. The summed E-state index contributed by atoms with van der Waals surface area (Å²) in [4.78, 5) is 10.7. The van der Waals surface area contributed by atoms with Gasteiger partial charge in [0.15, 0.2) is 6.17 Å². The van der Waals surface area contributed by atoms with Crippen LogP contribution in [0.5, 0.6) is 0 Å². The average molecular weight is 165 g/mol. The molecule has 5 heteroatoms. The van der Waals surface area contributed by atoms with Crippen molar-refractivity contribution in [1.82, 2.24) is 4.90 Å². The van der Waals surface area contributed by atoms with Crippen LogP contribution in [0, 0.1) is 0 Å². The van der Waals surface area contributed by atoms with E-state index in [4.69, 9.17) is 5.11 Å². The second kappa shape index (κ2) is 3.02. The number of amides is 1. The van der Waals surface area contributed by atoms with Crippen LogP contribution in [0.25, 0.3) is 0 Å². The van der Waals surface area contributed by atoms with Crippen LogP contribution in [0.3, 0.4) is 0 Å². The highest BCUT2D eigenvalue weighted by atomic mass is 19.2. The summed E-state index contributed by atoms with van der Waals surface area (Å²) in [5.74, 6) is 0. The molecule has 0 radical (unpaired) electrons. The summed E-state index contributed by atoms with van der Waals surface area (Å²) in [6.45, 7) is 0.0942. The Kier molecular flexibility index (Phi) is 2.26. The first-order valence-corrected chi connectivity index (χ1v) is 3.40. The van der Waals surface area contributed by atoms with Crippen LogP contribution in [0.1, 0.15) is 12.8 Å². The average Bonchev–Trinajstić information content (AvgIpc) is 1.94. The molecule has 1 rings (SSSR count). The van der Waals surface area contributed by atoms with Crippen LogP contribution in [0.15, 0.2) is 0 Å². The summed E-state index contributed by atoms with van der Waals surface area (Å²) in [6, 6.07) is 0. The highest BCUT2D eigenvalue weighted by Crippen LogP contribution is 2.21. The minimum absolute atomic E-state index is 0.0942. The highest BCUT2D eigenvalue weighted by Gasteiger charge is 2.34. The van der Waals surface area contributed by atoms with E-state index in [9.17, 15) is 13.6 Å². The van der Waals surface area contributed by atoms with E-state index < -0.39 is 18.6 Å². The first-order valence-electron chi connectivity index (χ1n) is 3.40. The molecule has 3 nitrogen and oxygen atoms in total. The number of hydrogen-bond acceptors (Lipinski definition) is 1. The molecule has 0 bridgehead atoms. The van der Waals surface area contributed by atoms with Crippen molar-refractivity contribution in [1.29, 1.82) is 0 Å². The number of carbonyl (C=O) groups is 1. The molecule has 1 aliphatic heterocycles.